The molecule has 1 saturated carbocycles. The van der Waals surface area contributed by atoms with E-state index in [0.29, 0.717) is 24.6 Å². The van der Waals surface area contributed by atoms with Gasteiger partial charge >= 0.3 is 6.03 Å². The van der Waals surface area contributed by atoms with E-state index in [1.165, 1.54) is 12.8 Å². The molecule has 0 unspecified atom stereocenters. The van der Waals surface area contributed by atoms with Crippen molar-refractivity contribution in [2.24, 2.45) is 5.92 Å². The lowest BCUT2D eigenvalue weighted by molar-refractivity contribution is 0.118. The van der Waals surface area contributed by atoms with Gasteiger partial charge in [0.2, 0.25) is 0 Å². The van der Waals surface area contributed by atoms with Gasteiger partial charge in [0.05, 0.1) is 6.10 Å². The third-order valence-electron chi connectivity index (χ3n) is 6.07. The molecule has 2 amide bonds. The minimum Gasteiger partial charge on any atom is -0.490 e. The number of carbonyl (C=O) groups is 1. The molecule has 1 N–H and O–H groups in total. The summed E-state index contributed by atoms with van der Waals surface area (Å²) in [6.45, 7) is 3.57. The molecule has 136 valence electrons. The van der Waals surface area contributed by atoms with Gasteiger partial charge in [-0.05, 0) is 57.7 Å². The van der Waals surface area contributed by atoms with E-state index in [4.69, 9.17) is 4.74 Å². The zero-order chi connectivity index (χ0) is 17.2. The molecule has 25 heavy (non-hydrogen) atoms. The average molecular weight is 343 g/mol. The van der Waals surface area contributed by atoms with Crippen molar-refractivity contribution in [1.82, 2.24) is 15.1 Å². The fourth-order valence-corrected chi connectivity index (χ4v) is 4.26. The quantitative estimate of drug-likeness (QED) is 0.914. The zero-order valence-electron chi connectivity index (χ0n) is 15.1. The molecule has 0 radical (unpaired) electrons. The number of rotatable bonds is 4. The van der Waals surface area contributed by atoms with E-state index in [2.05, 4.69) is 28.2 Å². The number of ether oxygens (including phenoxy) is 1. The summed E-state index contributed by atoms with van der Waals surface area (Å²) in [6, 6.07) is 8.53. The van der Waals surface area contributed by atoms with Gasteiger partial charge in [0.15, 0.2) is 0 Å². The summed E-state index contributed by atoms with van der Waals surface area (Å²) >= 11 is 0. The highest BCUT2D eigenvalue weighted by Crippen LogP contribution is 2.31. The highest BCUT2D eigenvalue weighted by Gasteiger charge is 2.39. The Bertz CT molecular complexity index is 617. The van der Waals surface area contributed by atoms with E-state index in [0.717, 1.165) is 50.2 Å². The summed E-state index contributed by atoms with van der Waals surface area (Å²) in [5.41, 5.74) is 1.07. The Morgan fingerprint density at radius 1 is 1.20 bits per heavy atom. The van der Waals surface area contributed by atoms with E-state index < -0.39 is 0 Å². The standard InChI is InChI=1S/C20H29N3O2/c1-22-11-9-15-10-12-23(18(15)14-22)20(24)21-13-16-5-2-3-8-19(16)25-17-6-4-7-17/h2-3,5,8,15,17-18H,4,6-7,9-14H2,1H3,(H,21,24)/t15-,18+/m1/s1. The molecule has 3 fully saturated rings. The first-order chi connectivity index (χ1) is 12.2. The number of piperidine rings is 1. The topological polar surface area (TPSA) is 44.8 Å². The minimum absolute atomic E-state index is 0.0706. The third-order valence-corrected chi connectivity index (χ3v) is 6.07. The predicted octanol–water partition coefficient (Wildman–Crippen LogP) is 2.85. The van der Waals surface area contributed by atoms with Gasteiger partial charge in [-0.25, -0.2) is 4.79 Å². The second-order valence-corrected chi connectivity index (χ2v) is 7.80. The SMILES string of the molecule is CN1CC[C@@H]2CCN(C(=O)NCc3ccccc3OC3CCC3)[C@H]2C1. The van der Waals surface area contributed by atoms with E-state index in [-0.39, 0.29) is 6.03 Å². The van der Waals surface area contributed by atoms with Crippen LogP contribution in [0.15, 0.2) is 24.3 Å². The van der Waals surface area contributed by atoms with Gasteiger partial charge in [-0.3, -0.25) is 0 Å². The van der Waals surface area contributed by atoms with Crippen molar-refractivity contribution in [2.75, 3.05) is 26.7 Å². The van der Waals surface area contributed by atoms with Gasteiger partial charge in [-0.2, -0.15) is 0 Å². The number of amides is 2. The first kappa shape index (κ1) is 16.7. The second kappa shape index (κ2) is 7.24. The Kier molecular flexibility index (Phi) is 4.84. The van der Waals surface area contributed by atoms with Crippen LogP contribution in [0.5, 0.6) is 5.75 Å². The van der Waals surface area contributed by atoms with Gasteiger partial charge in [0.25, 0.3) is 0 Å². The number of hydrogen-bond acceptors (Lipinski definition) is 3. The maximum absolute atomic E-state index is 12.7. The number of nitrogens with one attached hydrogen (secondary N) is 1. The van der Waals surface area contributed by atoms with Crippen LogP contribution in [0.4, 0.5) is 4.79 Å². The number of fused-ring (bicyclic) bond motifs is 1. The maximum Gasteiger partial charge on any atom is 0.317 e. The van der Waals surface area contributed by atoms with Crippen LogP contribution in [0.25, 0.3) is 0 Å². The number of benzene rings is 1. The van der Waals surface area contributed by atoms with E-state index in [9.17, 15) is 4.79 Å². The maximum atomic E-state index is 12.7. The number of likely N-dealkylation sites (tertiary alicyclic amines) is 2. The lowest BCUT2D eigenvalue weighted by Gasteiger charge is -2.36. The van der Waals surface area contributed by atoms with E-state index in [1.807, 2.05) is 18.2 Å². The highest BCUT2D eigenvalue weighted by atomic mass is 16.5. The average Bonchev–Trinajstić information content (AvgIpc) is 3.00. The molecule has 2 saturated heterocycles. The van der Waals surface area contributed by atoms with Gasteiger partial charge in [-0.15, -0.1) is 0 Å². The smallest absolute Gasteiger partial charge is 0.317 e. The Morgan fingerprint density at radius 3 is 2.80 bits per heavy atom. The Balaban J connectivity index is 1.36. The lowest BCUT2D eigenvalue weighted by Crippen LogP contribution is -2.51. The Morgan fingerprint density at radius 2 is 2.00 bits per heavy atom. The fraction of sp³-hybridized carbons (Fsp3) is 0.650. The van der Waals surface area contributed by atoms with Crippen LogP contribution in [0.1, 0.15) is 37.7 Å². The summed E-state index contributed by atoms with van der Waals surface area (Å²) in [7, 11) is 2.15. The third kappa shape index (κ3) is 3.61. The predicted molar refractivity (Wildman–Crippen MR) is 97.7 cm³/mol. The molecule has 1 aromatic rings. The van der Waals surface area contributed by atoms with Crippen LogP contribution in [0, 0.1) is 5.92 Å². The zero-order valence-corrected chi connectivity index (χ0v) is 15.1. The fourth-order valence-electron chi connectivity index (χ4n) is 4.26. The molecule has 3 aliphatic rings. The van der Waals surface area contributed by atoms with Crippen LogP contribution in [0.2, 0.25) is 0 Å². The molecular formula is C20H29N3O2. The molecule has 0 bridgehead atoms. The summed E-state index contributed by atoms with van der Waals surface area (Å²) in [5.74, 6) is 1.60. The van der Waals surface area contributed by atoms with Crippen LogP contribution in [0.3, 0.4) is 0 Å². The molecule has 5 nitrogen and oxygen atoms in total. The molecule has 2 aliphatic heterocycles. The van der Waals surface area contributed by atoms with Crippen molar-refractivity contribution in [3.63, 3.8) is 0 Å². The van der Waals surface area contributed by atoms with Crippen molar-refractivity contribution < 1.29 is 9.53 Å². The van der Waals surface area contributed by atoms with Crippen LogP contribution in [-0.4, -0.2) is 54.7 Å². The van der Waals surface area contributed by atoms with Crippen LogP contribution >= 0.6 is 0 Å². The van der Waals surface area contributed by atoms with Crippen molar-refractivity contribution >= 4 is 6.03 Å². The molecule has 4 rings (SSSR count). The summed E-state index contributed by atoms with van der Waals surface area (Å²) in [4.78, 5) is 17.1. The first-order valence-electron chi connectivity index (χ1n) is 9.68. The molecule has 1 aromatic carbocycles. The van der Waals surface area contributed by atoms with Crippen LogP contribution < -0.4 is 10.1 Å². The summed E-state index contributed by atoms with van der Waals surface area (Å²) in [6.07, 6.45) is 6.26. The first-order valence-corrected chi connectivity index (χ1v) is 9.68. The van der Waals surface area contributed by atoms with Gasteiger partial charge in [0.1, 0.15) is 5.75 Å². The summed E-state index contributed by atoms with van der Waals surface area (Å²) < 4.78 is 6.07. The molecule has 1 aliphatic carbocycles. The number of likely N-dealkylation sites (N-methyl/N-ethyl adjacent to an activating group) is 1. The normalized spacial score (nSPS) is 26.8. The molecule has 0 aromatic heterocycles. The van der Waals surface area contributed by atoms with Crippen molar-refractivity contribution in [1.29, 1.82) is 0 Å². The highest BCUT2D eigenvalue weighted by molar-refractivity contribution is 5.75. The van der Waals surface area contributed by atoms with Gasteiger partial charge < -0.3 is 19.9 Å². The molecular weight excluding hydrogens is 314 g/mol. The number of para-hydroxylation sites is 1. The number of nitrogens with zero attached hydrogens (tertiary/aromatic N) is 2. The van der Waals surface area contributed by atoms with Gasteiger partial charge in [0, 0.05) is 31.2 Å². The van der Waals surface area contributed by atoms with Crippen molar-refractivity contribution in [3.05, 3.63) is 29.8 Å². The molecule has 5 heteroatoms. The van der Waals surface area contributed by atoms with E-state index >= 15 is 0 Å². The Hall–Kier alpha value is -1.75. The second-order valence-electron chi connectivity index (χ2n) is 7.80. The summed E-state index contributed by atoms with van der Waals surface area (Å²) in [5, 5.41) is 3.13. The van der Waals surface area contributed by atoms with E-state index in [1.54, 1.807) is 0 Å². The van der Waals surface area contributed by atoms with Crippen molar-refractivity contribution in [3.8, 4) is 5.75 Å². The largest absolute Gasteiger partial charge is 0.490 e. The minimum atomic E-state index is 0.0706. The van der Waals surface area contributed by atoms with Gasteiger partial charge in [-0.1, -0.05) is 18.2 Å². The number of hydrogen-bond donors (Lipinski definition) is 1. The molecule has 0 spiro atoms. The molecule has 2 atom stereocenters. The number of carbonyl (C=O) groups excluding carboxylic acids is 1. The lowest BCUT2D eigenvalue weighted by atomic mass is 9.92. The van der Waals surface area contributed by atoms with Crippen molar-refractivity contribution in [2.45, 2.75) is 50.8 Å². The number of urea groups is 1. The molecule has 2 heterocycles. The Labute approximate surface area is 150 Å². The monoisotopic (exact) mass is 343 g/mol. The van der Waals surface area contributed by atoms with Crippen LogP contribution in [-0.2, 0) is 6.54 Å².